The van der Waals surface area contributed by atoms with Crippen molar-refractivity contribution in [1.82, 2.24) is 4.90 Å². The Morgan fingerprint density at radius 1 is 1.20 bits per heavy atom. The summed E-state index contributed by atoms with van der Waals surface area (Å²) in [7, 11) is 0. The molecule has 2 atom stereocenters. The number of rotatable bonds is 6. The van der Waals surface area contributed by atoms with Gasteiger partial charge in [-0.25, -0.2) is 0 Å². The third-order valence-corrected chi connectivity index (χ3v) is 3.70. The van der Waals surface area contributed by atoms with Gasteiger partial charge in [-0.15, -0.1) is 0 Å². The van der Waals surface area contributed by atoms with E-state index in [0.717, 1.165) is 12.8 Å². The molecule has 0 aliphatic rings. The molecular formula is C15H22N2O3. The van der Waals surface area contributed by atoms with Crippen LogP contribution in [0.15, 0.2) is 24.3 Å². The Morgan fingerprint density at radius 3 is 2.15 bits per heavy atom. The summed E-state index contributed by atoms with van der Waals surface area (Å²) >= 11 is 0. The molecule has 2 unspecified atom stereocenters. The molecule has 1 aromatic carbocycles. The molecule has 0 spiro atoms. The quantitative estimate of drug-likeness (QED) is 0.589. The first-order valence-electron chi connectivity index (χ1n) is 7.00. The van der Waals surface area contributed by atoms with E-state index in [2.05, 4.69) is 0 Å². The van der Waals surface area contributed by atoms with Crippen LogP contribution in [0.5, 0.6) is 0 Å². The lowest BCUT2D eigenvalue weighted by Crippen LogP contribution is -2.44. The van der Waals surface area contributed by atoms with Crippen molar-refractivity contribution in [2.75, 3.05) is 0 Å². The predicted molar refractivity (Wildman–Crippen MR) is 78.8 cm³/mol. The van der Waals surface area contributed by atoms with Crippen molar-refractivity contribution < 1.29 is 9.72 Å². The number of para-hydroxylation sites is 1. The molecule has 0 aromatic heterocycles. The lowest BCUT2D eigenvalue weighted by atomic mass is 10.1. The van der Waals surface area contributed by atoms with Crippen LogP contribution in [0.25, 0.3) is 0 Å². The Bertz CT molecular complexity index is 478. The minimum Gasteiger partial charge on any atom is -0.333 e. The minimum absolute atomic E-state index is 0.0530. The third kappa shape index (κ3) is 3.35. The van der Waals surface area contributed by atoms with Gasteiger partial charge in [0.25, 0.3) is 11.6 Å². The predicted octanol–water partition coefficient (Wildman–Crippen LogP) is 3.63. The van der Waals surface area contributed by atoms with Gasteiger partial charge in [-0.1, -0.05) is 26.0 Å². The van der Waals surface area contributed by atoms with Gasteiger partial charge in [-0.2, -0.15) is 0 Å². The number of amides is 1. The van der Waals surface area contributed by atoms with Gasteiger partial charge in [0.15, 0.2) is 0 Å². The summed E-state index contributed by atoms with van der Waals surface area (Å²) in [4.78, 5) is 25.0. The fourth-order valence-electron chi connectivity index (χ4n) is 2.18. The van der Waals surface area contributed by atoms with Crippen LogP contribution in [0, 0.1) is 10.1 Å². The van der Waals surface area contributed by atoms with Crippen LogP contribution in [0.2, 0.25) is 0 Å². The number of hydrogen-bond acceptors (Lipinski definition) is 3. The average molecular weight is 278 g/mol. The number of carbonyl (C=O) groups is 1. The van der Waals surface area contributed by atoms with E-state index in [4.69, 9.17) is 0 Å². The summed E-state index contributed by atoms with van der Waals surface area (Å²) in [5, 5.41) is 11.1. The lowest BCUT2D eigenvalue weighted by Gasteiger charge is -2.33. The van der Waals surface area contributed by atoms with Crippen LogP contribution in [-0.2, 0) is 0 Å². The van der Waals surface area contributed by atoms with Crippen molar-refractivity contribution in [2.24, 2.45) is 0 Å². The molecule has 0 aliphatic carbocycles. The second kappa shape index (κ2) is 7.03. The van der Waals surface area contributed by atoms with Gasteiger partial charge in [0.2, 0.25) is 0 Å². The van der Waals surface area contributed by atoms with Gasteiger partial charge in [-0.3, -0.25) is 14.9 Å². The lowest BCUT2D eigenvalue weighted by molar-refractivity contribution is -0.385. The van der Waals surface area contributed by atoms with Gasteiger partial charge in [-0.05, 0) is 32.8 Å². The molecule has 0 bridgehead atoms. The number of hydrogen-bond donors (Lipinski definition) is 0. The zero-order chi connectivity index (χ0) is 15.3. The van der Waals surface area contributed by atoms with Crippen LogP contribution >= 0.6 is 0 Å². The second-order valence-electron chi connectivity index (χ2n) is 5.00. The number of nitrogens with zero attached hydrogens (tertiary/aromatic N) is 2. The van der Waals surface area contributed by atoms with Crippen molar-refractivity contribution in [2.45, 2.75) is 52.6 Å². The van der Waals surface area contributed by atoms with E-state index in [9.17, 15) is 14.9 Å². The summed E-state index contributed by atoms with van der Waals surface area (Å²) in [6.07, 6.45) is 1.63. The zero-order valence-electron chi connectivity index (χ0n) is 12.5. The molecule has 1 aromatic rings. The van der Waals surface area contributed by atoms with Crippen molar-refractivity contribution in [3.8, 4) is 0 Å². The van der Waals surface area contributed by atoms with E-state index in [-0.39, 0.29) is 29.2 Å². The first kappa shape index (κ1) is 16.1. The summed E-state index contributed by atoms with van der Waals surface area (Å²) < 4.78 is 0. The highest BCUT2D eigenvalue weighted by Gasteiger charge is 2.29. The molecule has 5 nitrogen and oxygen atoms in total. The van der Waals surface area contributed by atoms with E-state index >= 15 is 0 Å². The molecule has 0 aliphatic heterocycles. The third-order valence-electron chi connectivity index (χ3n) is 3.70. The van der Waals surface area contributed by atoms with Crippen LogP contribution < -0.4 is 0 Å². The van der Waals surface area contributed by atoms with E-state index < -0.39 is 4.92 Å². The largest absolute Gasteiger partial charge is 0.333 e. The van der Waals surface area contributed by atoms with Crippen molar-refractivity contribution >= 4 is 11.6 Å². The van der Waals surface area contributed by atoms with Crippen LogP contribution in [0.3, 0.4) is 0 Å². The molecule has 20 heavy (non-hydrogen) atoms. The molecule has 1 amide bonds. The topological polar surface area (TPSA) is 63.5 Å². The van der Waals surface area contributed by atoms with E-state index in [1.165, 1.54) is 12.1 Å². The van der Waals surface area contributed by atoms with Crippen molar-refractivity contribution in [3.63, 3.8) is 0 Å². The highest BCUT2D eigenvalue weighted by Crippen LogP contribution is 2.23. The van der Waals surface area contributed by atoms with Gasteiger partial charge >= 0.3 is 0 Å². The van der Waals surface area contributed by atoms with Crippen LogP contribution in [0.4, 0.5) is 5.69 Å². The maximum atomic E-state index is 12.7. The van der Waals surface area contributed by atoms with Gasteiger partial charge in [0, 0.05) is 18.2 Å². The summed E-state index contributed by atoms with van der Waals surface area (Å²) in [6, 6.07) is 6.24. The molecule has 0 heterocycles. The van der Waals surface area contributed by atoms with Gasteiger partial charge in [0.05, 0.1) is 4.92 Å². The Balaban J connectivity index is 3.22. The Kier molecular flexibility index (Phi) is 5.67. The number of carbonyl (C=O) groups excluding carboxylic acids is 1. The first-order valence-corrected chi connectivity index (χ1v) is 7.00. The number of nitro benzene ring substituents is 1. The fourth-order valence-corrected chi connectivity index (χ4v) is 2.18. The molecule has 0 N–H and O–H groups in total. The standard InChI is InChI=1S/C15H22N2O3/c1-5-11(3)16(12(4)6-2)15(18)13-9-7-8-10-14(13)17(19)20/h7-12H,5-6H2,1-4H3. The molecule has 5 heteroatoms. The second-order valence-corrected chi connectivity index (χ2v) is 5.00. The fraction of sp³-hybridized carbons (Fsp3) is 0.533. The zero-order valence-corrected chi connectivity index (χ0v) is 12.5. The van der Waals surface area contributed by atoms with Gasteiger partial charge in [0.1, 0.15) is 5.56 Å². The number of benzene rings is 1. The first-order chi connectivity index (χ1) is 9.43. The van der Waals surface area contributed by atoms with Crippen molar-refractivity contribution in [3.05, 3.63) is 39.9 Å². The molecule has 0 saturated heterocycles. The average Bonchev–Trinajstić information content (AvgIpc) is 2.46. The van der Waals surface area contributed by atoms with E-state index in [0.29, 0.717) is 0 Å². The highest BCUT2D eigenvalue weighted by molar-refractivity contribution is 5.98. The summed E-state index contributed by atoms with van der Waals surface area (Å²) in [6.45, 7) is 7.96. The summed E-state index contributed by atoms with van der Waals surface area (Å²) in [5.74, 6) is -0.263. The van der Waals surface area contributed by atoms with Gasteiger partial charge < -0.3 is 4.90 Å². The highest BCUT2D eigenvalue weighted by atomic mass is 16.6. The van der Waals surface area contributed by atoms with E-state index in [1.807, 2.05) is 27.7 Å². The molecule has 0 saturated carbocycles. The van der Waals surface area contributed by atoms with E-state index in [1.54, 1.807) is 17.0 Å². The normalized spacial score (nSPS) is 13.6. The molecule has 1 rings (SSSR count). The Labute approximate surface area is 119 Å². The smallest absolute Gasteiger partial charge is 0.282 e. The Hall–Kier alpha value is -1.91. The SMILES string of the molecule is CCC(C)N(C(=O)c1ccccc1[N+](=O)[O-])C(C)CC. The van der Waals surface area contributed by atoms with Crippen LogP contribution in [-0.4, -0.2) is 27.8 Å². The minimum atomic E-state index is -0.501. The summed E-state index contributed by atoms with van der Waals surface area (Å²) in [5.41, 5.74) is 0.0345. The van der Waals surface area contributed by atoms with Crippen molar-refractivity contribution in [1.29, 1.82) is 0 Å². The number of nitro groups is 1. The maximum Gasteiger partial charge on any atom is 0.282 e. The maximum absolute atomic E-state index is 12.7. The molecule has 0 radical (unpaired) electrons. The molecule has 110 valence electrons. The Morgan fingerprint density at radius 2 is 1.70 bits per heavy atom. The monoisotopic (exact) mass is 278 g/mol. The molecule has 0 fully saturated rings. The van der Waals surface area contributed by atoms with Crippen LogP contribution in [0.1, 0.15) is 50.9 Å². The molecular weight excluding hydrogens is 256 g/mol.